The van der Waals surface area contributed by atoms with Crippen LogP contribution in [-0.2, 0) is 0 Å². The molecule has 0 fully saturated rings. The van der Waals surface area contributed by atoms with Gasteiger partial charge >= 0.3 is 0 Å². The van der Waals surface area contributed by atoms with E-state index in [1.807, 2.05) is 13.0 Å². The molecule has 0 radical (unpaired) electrons. The fourth-order valence-corrected chi connectivity index (χ4v) is 1.38. The van der Waals surface area contributed by atoms with Crippen LogP contribution in [0.2, 0.25) is 0 Å². The van der Waals surface area contributed by atoms with Crippen LogP contribution in [0, 0.1) is 12.7 Å². The molecular weight excluding hydrogens is 181 g/mol. The average molecular weight is 191 g/mol. The molecule has 0 saturated carbocycles. The summed E-state index contributed by atoms with van der Waals surface area (Å²) in [4.78, 5) is 4.22. The molecular formula is C10H10FN3. The van der Waals surface area contributed by atoms with Crippen LogP contribution in [0.4, 0.5) is 10.1 Å². The number of aryl methyl sites for hydroxylation is 1. The molecule has 0 aliphatic rings. The molecule has 2 rings (SSSR count). The number of hydrazine groups is 1. The molecule has 4 heteroatoms. The van der Waals surface area contributed by atoms with Crippen molar-refractivity contribution in [1.29, 1.82) is 0 Å². The van der Waals surface area contributed by atoms with Crippen LogP contribution in [0.5, 0.6) is 0 Å². The molecule has 72 valence electrons. The molecule has 0 spiro atoms. The van der Waals surface area contributed by atoms with Gasteiger partial charge in [0.2, 0.25) is 0 Å². The van der Waals surface area contributed by atoms with Crippen molar-refractivity contribution in [3.8, 4) is 0 Å². The fourth-order valence-electron chi connectivity index (χ4n) is 1.38. The van der Waals surface area contributed by atoms with Gasteiger partial charge in [0, 0.05) is 11.5 Å². The minimum Gasteiger partial charge on any atom is -0.322 e. The van der Waals surface area contributed by atoms with Crippen LogP contribution in [0.1, 0.15) is 5.69 Å². The average Bonchev–Trinajstić information content (AvgIpc) is 2.16. The van der Waals surface area contributed by atoms with E-state index in [0.29, 0.717) is 5.52 Å². The summed E-state index contributed by atoms with van der Waals surface area (Å²) in [6.45, 7) is 1.82. The van der Waals surface area contributed by atoms with Gasteiger partial charge in [0.05, 0.1) is 16.9 Å². The Labute approximate surface area is 80.7 Å². The van der Waals surface area contributed by atoms with E-state index in [1.54, 1.807) is 6.07 Å². The van der Waals surface area contributed by atoms with Gasteiger partial charge in [-0.1, -0.05) is 0 Å². The molecule has 1 aromatic carbocycles. The molecule has 1 heterocycles. The van der Waals surface area contributed by atoms with Gasteiger partial charge < -0.3 is 5.43 Å². The van der Waals surface area contributed by atoms with Crippen molar-refractivity contribution < 1.29 is 4.39 Å². The first-order chi connectivity index (χ1) is 6.70. The summed E-state index contributed by atoms with van der Waals surface area (Å²) < 4.78 is 12.9. The maximum absolute atomic E-state index is 12.9. The molecule has 0 saturated heterocycles. The maximum Gasteiger partial charge on any atom is 0.125 e. The summed E-state index contributed by atoms with van der Waals surface area (Å²) in [5.41, 5.74) is 4.70. The molecule has 0 aliphatic carbocycles. The Morgan fingerprint density at radius 1 is 1.36 bits per heavy atom. The highest BCUT2D eigenvalue weighted by Crippen LogP contribution is 2.20. The summed E-state index contributed by atoms with van der Waals surface area (Å²) in [6.07, 6.45) is 0. The number of nitrogens with two attached hydrogens (primary N) is 1. The van der Waals surface area contributed by atoms with Crippen LogP contribution >= 0.6 is 0 Å². The van der Waals surface area contributed by atoms with Gasteiger partial charge in [-0.3, -0.25) is 10.8 Å². The van der Waals surface area contributed by atoms with Gasteiger partial charge in [0.15, 0.2) is 0 Å². The lowest BCUT2D eigenvalue weighted by atomic mass is 10.2. The molecule has 0 bridgehead atoms. The second kappa shape index (κ2) is 3.23. The Morgan fingerprint density at radius 2 is 2.14 bits per heavy atom. The van der Waals surface area contributed by atoms with Gasteiger partial charge in [0.1, 0.15) is 5.82 Å². The van der Waals surface area contributed by atoms with E-state index in [4.69, 9.17) is 5.84 Å². The third-order valence-corrected chi connectivity index (χ3v) is 2.13. The molecule has 0 aliphatic heterocycles. The molecule has 0 unspecified atom stereocenters. The van der Waals surface area contributed by atoms with Gasteiger partial charge in [-0.2, -0.15) is 0 Å². The quantitative estimate of drug-likeness (QED) is 0.535. The highest BCUT2D eigenvalue weighted by Gasteiger charge is 2.02. The van der Waals surface area contributed by atoms with E-state index in [0.717, 1.165) is 16.8 Å². The van der Waals surface area contributed by atoms with Crippen molar-refractivity contribution in [2.24, 2.45) is 5.84 Å². The van der Waals surface area contributed by atoms with Crippen LogP contribution < -0.4 is 11.3 Å². The van der Waals surface area contributed by atoms with Gasteiger partial charge in [-0.05, 0) is 25.1 Å². The number of halogens is 1. The lowest BCUT2D eigenvalue weighted by Crippen LogP contribution is -2.08. The number of nitrogen functional groups attached to an aromatic ring is 1. The zero-order valence-corrected chi connectivity index (χ0v) is 7.71. The zero-order valence-electron chi connectivity index (χ0n) is 7.71. The lowest BCUT2D eigenvalue weighted by molar-refractivity contribution is 0.629. The Bertz CT molecular complexity index is 482. The maximum atomic E-state index is 12.9. The van der Waals surface area contributed by atoms with E-state index in [-0.39, 0.29) is 5.82 Å². The third-order valence-electron chi connectivity index (χ3n) is 2.13. The van der Waals surface area contributed by atoms with Crippen LogP contribution in [-0.4, -0.2) is 4.98 Å². The summed E-state index contributed by atoms with van der Waals surface area (Å²) >= 11 is 0. The number of nitrogens with zero attached hydrogens (tertiary/aromatic N) is 1. The Hall–Kier alpha value is -1.68. The standard InChI is InChI=1S/C10H10FN3/c1-6-9(14-12)4-7-2-3-8(11)5-10(7)13-6/h2-5,14H,12H2,1H3. The van der Waals surface area contributed by atoms with Crippen molar-refractivity contribution in [3.63, 3.8) is 0 Å². The highest BCUT2D eigenvalue weighted by molar-refractivity contribution is 5.82. The molecule has 2 aromatic rings. The molecule has 0 amide bonds. The summed E-state index contributed by atoms with van der Waals surface area (Å²) in [6, 6.07) is 6.33. The first-order valence-corrected chi connectivity index (χ1v) is 4.24. The van der Waals surface area contributed by atoms with Crippen molar-refractivity contribution in [3.05, 3.63) is 35.8 Å². The van der Waals surface area contributed by atoms with Gasteiger partial charge in [-0.25, -0.2) is 4.39 Å². The topological polar surface area (TPSA) is 50.9 Å². The number of anilines is 1. The number of nitrogens with one attached hydrogen (secondary N) is 1. The zero-order chi connectivity index (χ0) is 10.1. The second-order valence-electron chi connectivity index (χ2n) is 3.10. The summed E-state index contributed by atoms with van der Waals surface area (Å²) in [5, 5.41) is 0.866. The van der Waals surface area contributed by atoms with Crippen LogP contribution in [0.25, 0.3) is 10.9 Å². The molecule has 1 aromatic heterocycles. The van der Waals surface area contributed by atoms with Crippen molar-refractivity contribution >= 4 is 16.6 Å². The largest absolute Gasteiger partial charge is 0.322 e. The SMILES string of the molecule is Cc1nc2cc(F)ccc2cc1NN. The van der Waals surface area contributed by atoms with Crippen molar-refractivity contribution in [1.82, 2.24) is 4.98 Å². The highest BCUT2D eigenvalue weighted by atomic mass is 19.1. The Balaban J connectivity index is 2.73. The first-order valence-electron chi connectivity index (χ1n) is 4.24. The number of benzene rings is 1. The van der Waals surface area contributed by atoms with Crippen LogP contribution in [0.15, 0.2) is 24.3 Å². The summed E-state index contributed by atoms with van der Waals surface area (Å²) in [7, 11) is 0. The number of pyridine rings is 1. The molecule has 3 nitrogen and oxygen atoms in total. The second-order valence-corrected chi connectivity index (χ2v) is 3.10. The van der Waals surface area contributed by atoms with Crippen LogP contribution in [0.3, 0.4) is 0 Å². The van der Waals surface area contributed by atoms with E-state index >= 15 is 0 Å². The minimum absolute atomic E-state index is 0.280. The fraction of sp³-hybridized carbons (Fsp3) is 0.100. The molecule has 0 atom stereocenters. The summed E-state index contributed by atoms with van der Waals surface area (Å²) in [5.74, 6) is 5.03. The minimum atomic E-state index is -0.280. The smallest absolute Gasteiger partial charge is 0.125 e. The predicted molar refractivity (Wildman–Crippen MR) is 54.2 cm³/mol. The molecule has 3 N–H and O–H groups in total. The first kappa shape index (κ1) is 8.90. The van der Waals surface area contributed by atoms with Gasteiger partial charge in [-0.15, -0.1) is 0 Å². The number of fused-ring (bicyclic) bond motifs is 1. The normalized spacial score (nSPS) is 10.5. The number of hydrogen-bond donors (Lipinski definition) is 2. The van der Waals surface area contributed by atoms with Crippen molar-refractivity contribution in [2.45, 2.75) is 6.92 Å². The van der Waals surface area contributed by atoms with Gasteiger partial charge in [0.25, 0.3) is 0 Å². The van der Waals surface area contributed by atoms with Crippen molar-refractivity contribution in [2.75, 3.05) is 5.43 Å². The predicted octanol–water partition coefficient (Wildman–Crippen LogP) is 1.97. The monoisotopic (exact) mass is 191 g/mol. The van der Waals surface area contributed by atoms with E-state index in [9.17, 15) is 4.39 Å². The lowest BCUT2D eigenvalue weighted by Gasteiger charge is -2.05. The van der Waals surface area contributed by atoms with E-state index in [2.05, 4.69) is 10.4 Å². The Morgan fingerprint density at radius 3 is 2.86 bits per heavy atom. The molecule has 14 heavy (non-hydrogen) atoms. The number of aromatic nitrogens is 1. The van der Waals surface area contributed by atoms with E-state index in [1.165, 1.54) is 12.1 Å². The number of rotatable bonds is 1. The number of hydrogen-bond acceptors (Lipinski definition) is 3. The van der Waals surface area contributed by atoms with E-state index < -0.39 is 0 Å². The third kappa shape index (κ3) is 1.40. The Kier molecular flexibility index (Phi) is 2.05.